The fourth-order valence-electron chi connectivity index (χ4n) is 7.34. The summed E-state index contributed by atoms with van der Waals surface area (Å²) in [7, 11) is 0. The summed E-state index contributed by atoms with van der Waals surface area (Å²) in [5, 5.41) is 2.06. The molecule has 0 N–H and O–H groups in total. The van der Waals surface area contributed by atoms with Crippen LogP contribution in [0.1, 0.15) is 0 Å². The normalized spacial score (nSPS) is 11.5. The van der Waals surface area contributed by atoms with Crippen LogP contribution in [0, 0.1) is 0 Å². The number of nitrogens with zero attached hydrogens (tertiary/aromatic N) is 4. The van der Waals surface area contributed by atoms with Gasteiger partial charge in [0.25, 0.3) is 0 Å². The first-order chi connectivity index (χ1) is 26.8. The third-order valence-corrected chi connectivity index (χ3v) is 9.92. The highest BCUT2D eigenvalue weighted by Gasteiger charge is 2.25. The van der Waals surface area contributed by atoms with E-state index in [1.54, 1.807) is 0 Å². The lowest BCUT2D eigenvalue weighted by Gasteiger charge is -2.28. The van der Waals surface area contributed by atoms with Crippen molar-refractivity contribution in [3.05, 3.63) is 194 Å². The maximum atomic E-state index is 6.79. The lowest BCUT2D eigenvalue weighted by Crippen LogP contribution is -2.10. The van der Waals surface area contributed by atoms with Crippen molar-refractivity contribution in [3.8, 4) is 67.9 Å². The smallest absolute Gasteiger partial charge is 0.164 e. The van der Waals surface area contributed by atoms with E-state index in [4.69, 9.17) is 19.7 Å². The minimum Gasteiger partial charge on any atom is -0.456 e. The molecule has 1 aromatic heterocycles. The molecule has 5 nitrogen and oxygen atoms in total. The quantitative estimate of drug-likeness (QED) is 0.166. The van der Waals surface area contributed by atoms with Gasteiger partial charge in [-0.1, -0.05) is 140 Å². The van der Waals surface area contributed by atoms with Crippen LogP contribution in [0.15, 0.2) is 194 Å². The van der Waals surface area contributed by atoms with E-state index >= 15 is 0 Å². The van der Waals surface area contributed by atoms with Crippen LogP contribution in [-0.4, -0.2) is 15.0 Å². The predicted molar refractivity (Wildman–Crippen MR) is 219 cm³/mol. The second kappa shape index (κ2) is 13.3. The van der Waals surface area contributed by atoms with Gasteiger partial charge >= 0.3 is 0 Å². The van der Waals surface area contributed by atoms with Crippen molar-refractivity contribution in [1.82, 2.24) is 15.0 Å². The average Bonchev–Trinajstić information content (AvgIpc) is 3.25. The minimum absolute atomic E-state index is 0.615. The number of ether oxygens (including phenoxy) is 1. The molecule has 1 aliphatic heterocycles. The number of hydrogen-bond acceptors (Lipinski definition) is 5. The molecule has 54 heavy (non-hydrogen) atoms. The Kier molecular flexibility index (Phi) is 7.73. The largest absolute Gasteiger partial charge is 0.456 e. The molecule has 10 rings (SSSR count). The van der Waals surface area contributed by atoms with Gasteiger partial charge in [0.2, 0.25) is 0 Å². The van der Waals surface area contributed by atoms with Gasteiger partial charge in [-0.2, -0.15) is 0 Å². The molecular weight excluding hydrogens is 661 g/mol. The summed E-state index contributed by atoms with van der Waals surface area (Å²) < 4.78 is 6.79. The molecule has 0 atom stereocenters. The number of rotatable bonds is 7. The van der Waals surface area contributed by atoms with Gasteiger partial charge in [-0.15, -0.1) is 0 Å². The number of benzene rings is 8. The number of aromatic nitrogens is 3. The van der Waals surface area contributed by atoms with Gasteiger partial charge in [0.1, 0.15) is 11.5 Å². The van der Waals surface area contributed by atoms with Gasteiger partial charge in [-0.3, -0.25) is 0 Å². The number of hydrogen-bond donors (Lipinski definition) is 0. The Hall–Kier alpha value is -7.37. The highest BCUT2D eigenvalue weighted by molar-refractivity contribution is 6.09. The van der Waals surface area contributed by atoms with Gasteiger partial charge in [0.05, 0.1) is 0 Å². The van der Waals surface area contributed by atoms with Crippen LogP contribution in [0.4, 0.5) is 17.1 Å². The van der Waals surface area contributed by atoms with Gasteiger partial charge in [0, 0.05) is 50.8 Å². The maximum absolute atomic E-state index is 6.79. The lowest BCUT2D eigenvalue weighted by atomic mass is 9.92. The molecule has 0 unspecified atom stereocenters. The Labute approximate surface area is 313 Å². The summed E-state index contributed by atoms with van der Waals surface area (Å²) in [6.45, 7) is 0. The van der Waals surface area contributed by atoms with Crippen molar-refractivity contribution >= 4 is 27.8 Å². The minimum atomic E-state index is 0.615. The summed E-state index contributed by atoms with van der Waals surface area (Å²) >= 11 is 0. The molecule has 0 spiro atoms. The summed E-state index contributed by atoms with van der Waals surface area (Å²) in [6.07, 6.45) is 0. The second-order valence-electron chi connectivity index (χ2n) is 13.2. The van der Waals surface area contributed by atoms with Gasteiger partial charge in [-0.05, 0) is 70.6 Å². The predicted octanol–water partition coefficient (Wildman–Crippen LogP) is 12.9. The molecule has 0 bridgehead atoms. The van der Waals surface area contributed by atoms with Crippen LogP contribution < -0.4 is 9.64 Å². The molecule has 0 amide bonds. The zero-order valence-corrected chi connectivity index (χ0v) is 29.2. The first-order valence-electron chi connectivity index (χ1n) is 18.0. The molecule has 5 heteroatoms. The van der Waals surface area contributed by atoms with Gasteiger partial charge in [-0.25, -0.2) is 15.0 Å². The Morgan fingerprint density at radius 1 is 0.333 bits per heavy atom. The zero-order chi connectivity index (χ0) is 35.8. The van der Waals surface area contributed by atoms with E-state index in [0.717, 1.165) is 67.2 Å². The first-order valence-corrected chi connectivity index (χ1v) is 18.0. The second-order valence-corrected chi connectivity index (χ2v) is 13.2. The SMILES string of the molecule is c1ccc(-c2ccc(N(c3ccccc3)c3ccc4c(c3)Oc3ccc(-c5nc(-c6ccccc6)nc(-c6ccccc6)n5)c5cccc-4c35)cc2)cc1. The Bertz CT molecular complexity index is 2710. The molecule has 0 saturated heterocycles. The molecule has 0 fully saturated rings. The molecule has 8 aromatic carbocycles. The van der Waals surface area contributed by atoms with E-state index in [0.29, 0.717) is 17.5 Å². The van der Waals surface area contributed by atoms with E-state index in [2.05, 4.69) is 120 Å². The standard InChI is InChI=1S/C49H32N4O/c1-5-14-33(15-6-1)34-24-26-38(27-25-34)53(37-20-11-4-12-21-37)39-28-29-40-41-22-13-23-42-43(30-31-44(46(41)42)54-45(40)32-39)49-51-47(35-16-7-2-8-17-35)50-48(52-49)36-18-9-3-10-19-36/h1-32H. The molecular formula is C49H32N4O. The van der Waals surface area contributed by atoms with E-state index in [1.165, 1.54) is 11.1 Å². The number of anilines is 3. The summed E-state index contributed by atoms with van der Waals surface area (Å²) in [5.41, 5.74) is 10.4. The first kappa shape index (κ1) is 31.4. The van der Waals surface area contributed by atoms with Gasteiger partial charge < -0.3 is 9.64 Å². The monoisotopic (exact) mass is 692 g/mol. The van der Waals surface area contributed by atoms with E-state index in [-0.39, 0.29) is 0 Å². The number of para-hydroxylation sites is 1. The van der Waals surface area contributed by atoms with Crippen molar-refractivity contribution in [2.75, 3.05) is 4.90 Å². The van der Waals surface area contributed by atoms with Crippen molar-refractivity contribution in [2.24, 2.45) is 0 Å². The molecule has 9 aromatic rings. The molecule has 0 aliphatic carbocycles. The third kappa shape index (κ3) is 5.65. The number of fused-ring (bicyclic) bond motifs is 2. The third-order valence-electron chi connectivity index (χ3n) is 9.92. The maximum Gasteiger partial charge on any atom is 0.164 e. The zero-order valence-electron chi connectivity index (χ0n) is 29.2. The molecule has 1 aliphatic rings. The van der Waals surface area contributed by atoms with Crippen molar-refractivity contribution in [3.63, 3.8) is 0 Å². The van der Waals surface area contributed by atoms with Crippen molar-refractivity contribution in [2.45, 2.75) is 0 Å². The lowest BCUT2D eigenvalue weighted by molar-refractivity contribution is 0.487. The van der Waals surface area contributed by atoms with Crippen LogP contribution in [0.5, 0.6) is 11.5 Å². The van der Waals surface area contributed by atoms with Crippen molar-refractivity contribution < 1.29 is 4.74 Å². The fraction of sp³-hybridized carbons (Fsp3) is 0. The highest BCUT2D eigenvalue weighted by atomic mass is 16.5. The Balaban J connectivity index is 1.07. The van der Waals surface area contributed by atoms with E-state index in [1.807, 2.05) is 78.9 Å². The average molecular weight is 693 g/mol. The summed E-state index contributed by atoms with van der Waals surface area (Å²) in [5.74, 6) is 3.48. The summed E-state index contributed by atoms with van der Waals surface area (Å²) in [6, 6.07) is 66.8. The topological polar surface area (TPSA) is 51.1 Å². The van der Waals surface area contributed by atoms with E-state index in [9.17, 15) is 0 Å². The van der Waals surface area contributed by atoms with Crippen LogP contribution in [0.25, 0.3) is 67.2 Å². The highest BCUT2D eigenvalue weighted by Crippen LogP contribution is 2.50. The van der Waals surface area contributed by atoms with Crippen LogP contribution in [0.3, 0.4) is 0 Å². The molecule has 2 heterocycles. The Morgan fingerprint density at radius 2 is 0.852 bits per heavy atom. The van der Waals surface area contributed by atoms with Crippen LogP contribution >= 0.6 is 0 Å². The molecule has 254 valence electrons. The molecule has 0 radical (unpaired) electrons. The molecule has 0 saturated carbocycles. The Morgan fingerprint density at radius 3 is 1.50 bits per heavy atom. The van der Waals surface area contributed by atoms with Crippen LogP contribution in [0.2, 0.25) is 0 Å². The fourth-order valence-corrected chi connectivity index (χ4v) is 7.34. The van der Waals surface area contributed by atoms with Crippen LogP contribution in [-0.2, 0) is 0 Å². The van der Waals surface area contributed by atoms with E-state index < -0.39 is 0 Å². The summed E-state index contributed by atoms with van der Waals surface area (Å²) in [4.78, 5) is 17.3. The van der Waals surface area contributed by atoms with Crippen molar-refractivity contribution in [1.29, 1.82) is 0 Å². The van der Waals surface area contributed by atoms with Gasteiger partial charge in [0.15, 0.2) is 17.5 Å².